The van der Waals surface area contributed by atoms with Crippen LogP contribution in [0.4, 0.5) is 0 Å². The maximum atomic E-state index is 6.51. The van der Waals surface area contributed by atoms with Gasteiger partial charge < -0.3 is 10.1 Å². The van der Waals surface area contributed by atoms with Gasteiger partial charge in [0.2, 0.25) is 0 Å². The smallest absolute Gasteiger partial charge is 0.122 e. The van der Waals surface area contributed by atoms with Crippen molar-refractivity contribution in [2.75, 3.05) is 7.05 Å². The molecule has 0 saturated heterocycles. The minimum atomic E-state index is 0.381. The van der Waals surface area contributed by atoms with E-state index in [2.05, 4.69) is 43.6 Å². The number of para-hydroxylation sites is 1. The fourth-order valence-electron chi connectivity index (χ4n) is 4.44. The lowest BCUT2D eigenvalue weighted by molar-refractivity contribution is -0.0885. The Labute approximate surface area is 129 Å². The zero-order valence-electron chi connectivity index (χ0n) is 13.5. The summed E-state index contributed by atoms with van der Waals surface area (Å²) in [6.45, 7) is 2.21. The fraction of sp³-hybridized carbons (Fsp3) is 0.684. The molecule has 0 aromatic heterocycles. The Morgan fingerprint density at radius 2 is 1.86 bits per heavy atom. The van der Waals surface area contributed by atoms with Crippen LogP contribution in [0, 0.1) is 5.41 Å². The van der Waals surface area contributed by atoms with Gasteiger partial charge in [0, 0.05) is 17.9 Å². The Kier molecular flexibility index (Phi) is 4.54. The second-order valence-electron chi connectivity index (χ2n) is 6.79. The summed E-state index contributed by atoms with van der Waals surface area (Å²) in [6, 6.07) is 9.21. The zero-order valence-corrected chi connectivity index (χ0v) is 13.5. The van der Waals surface area contributed by atoms with Crippen LogP contribution in [0.25, 0.3) is 0 Å². The van der Waals surface area contributed by atoms with Crippen molar-refractivity contribution >= 4 is 0 Å². The van der Waals surface area contributed by atoms with Gasteiger partial charge in [-0.1, -0.05) is 50.8 Å². The molecule has 2 aliphatic rings. The van der Waals surface area contributed by atoms with Crippen molar-refractivity contribution in [1.29, 1.82) is 0 Å². The highest BCUT2D eigenvalue weighted by molar-refractivity contribution is 5.34. The van der Waals surface area contributed by atoms with E-state index >= 15 is 0 Å². The van der Waals surface area contributed by atoms with Crippen LogP contribution in [0.3, 0.4) is 0 Å². The standard InChI is InChI=1S/C19H29NO/c1-3-15-10-6-7-11-16(15)21-18-14-17(20-2)19(18)12-8-4-5-9-13-19/h6-7,10-11,17-18,20H,3-5,8-9,12-14H2,1-2H3. The second-order valence-corrected chi connectivity index (χ2v) is 6.79. The molecule has 0 radical (unpaired) electrons. The summed E-state index contributed by atoms with van der Waals surface area (Å²) in [7, 11) is 2.12. The van der Waals surface area contributed by atoms with E-state index in [4.69, 9.17) is 4.74 Å². The van der Waals surface area contributed by atoms with E-state index < -0.39 is 0 Å². The molecule has 1 aromatic rings. The molecule has 2 atom stereocenters. The molecule has 1 aromatic carbocycles. The molecule has 1 N–H and O–H groups in total. The van der Waals surface area contributed by atoms with E-state index in [0.717, 1.165) is 18.6 Å². The zero-order chi connectivity index (χ0) is 14.7. The summed E-state index contributed by atoms with van der Waals surface area (Å²) < 4.78 is 6.51. The van der Waals surface area contributed by atoms with Gasteiger partial charge in [0.1, 0.15) is 11.9 Å². The van der Waals surface area contributed by atoms with E-state index in [1.165, 1.54) is 44.1 Å². The fourth-order valence-corrected chi connectivity index (χ4v) is 4.44. The van der Waals surface area contributed by atoms with E-state index in [1.807, 2.05) is 0 Å². The monoisotopic (exact) mass is 287 g/mol. The van der Waals surface area contributed by atoms with Gasteiger partial charge in [-0.05, 0) is 37.9 Å². The largest absolute Gasteiger partial charge is 0.489 e. The molecule has 2 aliphatic carbocycles. The Morgan fingerprint density at radius 1 is 1.14 bits per heavy atom. The number of hydrogen-bond donors (Lipinski definition) is 1. The normalized spacial score (nSPS) is 27.9. The molecule has 1 spiro atoms. The highest BCUT2D eigenvalue weighted by atomic mass is 16.5. The lowest BCUT2D eigenvalue weighted by Crippen LogP contribution is -2.64. The number of rotatable bonds is 4. The first-order chi connectivity index (χ1) is 10.3. The quantitative estimate of drug-likeness (QED) is 0.890. The minimum Gasteiger partial charge on any atom is -0.489 e. The van der Waals surface area contributed by atoms with Crippen molar-refractivity contribution < 1.29 is 4.74 Å². The molecular formula is C19H29NO. The predicted molar refractivity (Wildman–Crippen MR) is 87.8 cm³/mol. The summed E-state index contributed by atoms with van der Waals surface area (Å²) in [5, 5.41) is 3.55. The van der Waals surface area contributed by atoms with Crippen molar-refractivity contribution in [3.8, 4) is 5.75 Å². The minimum absolute atomic E-state index is 0.381. The highest BCUT2D eigenvalue weighted by Gasteiger charge is 2.55. The summed E-state index contributed by atoms with van der Waals surface area (Å²) in [4.78, 5) is 0. The van der Waals surface area contributed by atoms with Gasteiger partial charge in [0.05, 0.1) is 0 Å². The van der Waals surface area contributed by atoms with E-state index in [-0.39, 0.29) is 0 Å². The van der Waals surface area contributed by atoms with Gasteiger partial charge in [-0.15, -0.1) is 0 Å². The molecule has 116 valence electrons. The van der Waals surface area contributed by atoms with Crippen LogP contribution in [0.1, 0.15) is 57.4 Å². The summed E-state index contributed by atoms with van der Waals surface area (Å²) in [5.41, 5.74) is 1.72. The average Bonchev–Trinajstić information content (AvgIpc) is 2.79. The van der Waals surface area contributed by atoms with Crippen LogP contribution in [0.15, 0.2) is 24.3 Å². The van der Waals surface area contributed by atoms with E-state index in [9.17, 15) is 0 Å². The topological polar surface area (TPSA) is 21.3 Å². The molecule has 2 nitrogen and oxygen atoms in total. The van der Waals surface area contributed by atoms with Gasteiger partial charge >= 0.3 is 0 Å². The van der Waals surface area contributed by atoms with Gasteiger partial charge in [0.15, 0.2) is 0 Å². The number of hydrogen-bond acceptors (Lipinski definition) is 2. The van der Waals surface area contributed by atoms with E-state index in [1.54, 1.807) is 0 Å². The third kappa shape index (κ3) is 2.70. The molecule has 0 bridgehead atoms. The Hall–Kier alpha value is -1.02. The van der Waals surface area contributed by atoms with Crippen LogP contribution in [-0.2, 0) is 6.42 Å². The van der Waals surface area contributed by atoms with E-state index in [0.29, 0.717) is 17.6 Å². The number of nitrogens with one attached hydrogen (secondary N) is 1. The van der Waals surface area contributed by atoms with Crippen molar-refractivity contribution in [2.45, 2.75) is 70.4 Å². The summed E-state index contributed by atoms with van der Waals surface area (Å²) in [5.74, 6) is 1.11. The van der Waals surface area contributed by atoms with Gasteiger partial charge in [-0.2, -0.15) is 0 Å². The maximum Gasteiger partial charge on any atom is 0.122 e. The highest BCUT2D eigenvalue weighted by Crippen LogP contribution is 2.52. The van der Waals surface area contributed by atoms with Crippen LogP contribution in [-0.4, -0.2) is 19.2 Å². The third-order valence-corrected chi connectivity index (χ3v) is 5.79. The molecule has 2 saturated carbocycles. The molecule has 2 heteroatoms. The first-order valence-corrected chi connectivity index (χ1v) is 8.72. The molecule has 0 aliphatic heterocycles. The van der Waals surface area contributed by atoms with Crippen LogP contribution >= 0.6 is 0 Å². The van der Waals surface area contributed by atoms with Gasteiger partial charge in [-0.25, -0.2) is 0 Å². The van der Waals surface area contributed by atoms with Crippen LogP contribution in [0.5, 0.6) is 5.75 Å². The second kappa shape index (κ2) is 6.39. The molecule has 2 unspecified atom stereocenters. The molecule has 2 fully saturated rings. The number of benzene rings is 1. The van der Waals surface area contributed by atoms with Gasteiger partial charge in [-0.3, -0.25) is 0 Å². The first-order valence-electron chi connectivity index (χ1n) is 8.72. The molecule has 3 rings (SSSR count). The maximum absolute atomic E-state index is 6.51. The van der Waals surface area contributed by atoms with Crippen molar-refractivity contribution in [2.24, 2.45) is 5.41 Å². The SMILES string of the molecule is CCc1ccccc1OC1CC(NC)C12CCCCCC2. The van der Waals surface area contributed by atoms with Crippen molar-refractivity contribution in [3.63, 3.8) is 0 Å². The molecular weight excluding hydrogens is 258 g/mol. The lowest BCUT2D eigenvalue weighted by Gasteiger charge is -2.55. The predicted octanol–water partition coefficient (Wildman–Crippen LogP) is 4.33. The van der Waals surface area contributed by atoms with Crippen molar-refractivity contribution in [3.05, 3.63) is 29.8 Å². The van der Waals surface area contributed by atoms with Crippen LogP contribution in [0.2, 0.25) is 0 Å². The van der Waals surface area contributed by atoms with Gasteiger partial charge in [0.25, 0.3) is 0 Å². The lowest BCUT2D eigenvalue weighted by atomic mass is 9.58. The average molecular weight is 287 g/mol. The van der Waals surface area contributed by atoms with Crippen molar-refractivity contribution in [1.82, 2.24) is 5.32 Å². The number of ether oxygens (including phenoxy) is 1. The molecule has 0 heterocycles. The molecule has 0 amide bonds. The third-order valence-electron chi connectivity index (χ3n) is 5.79. The summed E-state index contributed by atoms with van der Waals surface area (Å²) >= 11 is 0. The molecule has 21 heavy (non-hydrogen) atoms. The first kappa shape index (κ1) is 14.9. The Balaban J connectivity index is 1.78. The Morgan fingerprint density at radius 3 is 2.52 bits per heavy atom. The summed E-state index contributed by atoms with van der Waals surface area (Å²) in [6.07, 6.45) is 10.8. The Bertz CT molecular complexity index is 462. The number of aryl methyl sites for hydroxylation is 1. The van der Waals surface area contributed by atoms with Crippen LogP contribution < -0.4 is 10.1 Å².